The molecule has 0 saturated carbocycles. The summed E-state index contributed by atoms with van der Waals surface area (Å²) in [5, 5.41) is 8.25. The molecule has 0 aliphatic carbocycles. The van der Waals surface area contributed by atoms with Gasteiger partial charge in [-0.1, -0.05) is 5.92 Å². The Balaban J connectivity index is 1.95. The van der Waals surface area contributed by atoms with Crippen molar-refractivity contribution in [3.63, 3.8) is 0 Å². The second-order valence-electron chi connectivity index (χ2n) is 7.15. The first-order chi connectivity index (χ1) is 13.3. The van der Waals surface area contributed by atoms with Gasteiger partial charge in [0.05, 0.1) is 11.9 Å². The number of fused-ring (bicyclic) bond motifs is 2. The Kier molecular flexibility index (Phi) is 3.85. The first kappa shape index (κ1) is 17.6. The van der Waals surface area contributed by atoms with Crippen molar-refractivity contribution in [3.8, 4) is 23.6 Å². The van der Waals surface area contributed by atoms with E-state index in [-0.39, 0.29) is 11.8 Å². The molecule has 28 heavy (non-hydrogen) atoms. The van der Waals surface area contributed by atoms with Crippen LogP contribution in [-0.2, 0) is 6.54 Å². The van der Waals surface area contributed by atoms with Crippen molar-refractivity contribution in [1.29, 1.82) is 0 Å². The Morgan fingerprint density at radius 2 is 2.04 bits per heavy atom. The van der Waals surface area contributed by atoms with Crippen LogP contribution < -0.4 is 16.8 Å². The average Bonchev–Trinajstić information content (AvgIpc) is 3.22. The fourth-order valence-electron chi connectivity index (χ4n) is 3.03. The van der Waals surface area contributed by atoms with Gasteiger partial charge in [-0.15, -0.1) is 6.42 Å². The number of hydrogen-bond donors (Lipinski definition) is 3. The first-order valence-electron chi connectivity index (χ1n) is 8.67. The van der Waals surface area contributed by atoms with Gasteiger partial charge in [0.1, 0.15) is 17.0 Å². The molecule has 0 bridgehead atoms. The summed E-state index contributed by atoms with van der Waals surface area (Å²) in [6.07, 6.45) is 5.66. The quantitative estimate of drug-likeness (QED) is 0.463. The van der Waals surface area contributed by atoms with Gasteiger partial charge >= 0.3 is 0 Å². The van der Waals surface area contributed by atoms with Crippen LogP contribution >= 0.6 is 0 Å². The normalized spacial score (nSPS) is 11.8. The Morgan fingerprint density at radius 3 is 2.75 bits per heavy atom. The van der Waals surface area contributed by atoms with Gasteiger partial charge in [0.2, 0.25) is 5.95 Å². The predicted molar refractivity (Wildman–Crippen MR) is 109 cm³/mol. The van der Waals surface area contributed by atoms with E-state index >= 15 is 0 Å². The molecular weight excluding hydrogens is 356 g/mol. The minimum atomic E-state index is -0.428. The largest absolute Gasteiger partial charge is 0.424 e. The molecule has 1 aromatic carbocycles. The van der Waals surface area contributed by atoms with Crippen molar-refractivity contribution in [2.75, 3.05) is 23.8 Å². The standard InChI is InChI=1S/C19H20N8O/c1-5-19(2,3)9-27-16-13(15(20)24-17(21)25-16)14(26-27)10-6-7-12-11(8-10)23-18(22-4)28-12/h1,6-8H,9H2,2-4H3,(H,22,23)(H4,20,21,24,25). The van der Waals surface area contributed by atoms with Gasteiger partial charge in [-0.3, -0.25) is 0 Å². The van der Waals surface area contributed by atoms with E-state index in [0.29, 0.717) is 40.4 Å². The molecule has 3 heterocycles. The molecule has 0 aliphatic rings. The zero-order chi connectivity index (χ0) is 20.1. The van der Waals surface area contributed by atoms with Crippen LogP contribution in [0.1, 0.15) is 13.8 Å². The average molecular weight is 376 g/mol. The molecule has 0 unspecified atom stereocenters. The maximum absolute atomic E-state index is 6.17. The summed E-state index contributed by atoms with van der Waals surface area (Å²) in [6.45, 7) is 4.36. The van der Waals surface area contributed by atoms with Gasteiger partial charge in [0.15, 0.2) is 11.2 Å². The molecular formula is C19H20N8O. The molecule has 0 amide bonds. The Bertz CT molecular complexity index is 1240. The van der Waals surface area contributed by atoms with E-state index < -0.39 is 5.41 Å². The SMILES string of the molecule is C#CC(C)(C)Cn1nc(-c2ccc3oc(NC)nc3c2)c2c(N)nc(N)nc21. The molecule has 4 rings (SSSR count). The van der Waals surface area contributed by atoms with Crippen molar-refractivity contribution in [2.24, 2.45) is 5.41 Å². The highest BCUT2D eigenvalue weighted by atomic mass is 16.4. The van der Waals surface area contributed by atoms with Crippen LogP contribution in [0.5, 0.6) is 0 Å². The summed E-state index contributed by atoms with van der Waals surface area (Å²) in [6, 6.07) is 6.05. The molecule has 3 aromatic heterocycles. The zero-order valence-corrected chi connectivity index (χ0v) is 15.8. The van der Waals surface area contributed by atoms with E-state index in [9.17, 15) is 0 Å². The summed E-state index contributed by atoms with van der Waals surface area (Å²) >= 11 is 0. The molecule has 5 N–H and O–H groups in total. The third kappa shape index (κ3) is 2.85. The van der Waals surface area contributed by atoms with Gasteiger partial charge in [-0.05, 0) is 32.0 Å². The number of nitrogens with one attached hydrogen (secondary N) is 1. The number of oxazole rings is 1. The number of benzene rings is 1. The third-order valence-electron chi connectivity index (χ3n) is 4.45. The van der Waals surface area contributed by atoms with Crippen LogP contribution in [0.25, 0.3) is 33.4 Å². The second kappa shape index (κ2) is 6.13. The van der Waals surface area contributed by atoms with Gasteiger partial charge in [-0.25, -0.2) is 4.68 Å². The summed E-state index contributed by atoms with van der Waals surface area (Å²) in [5.74, 6) is 3.12. The van der Waals surface area contributed by atoms with Crippen LogP contribution in [0.15, 0.2) is 22.6 Å². The third-order valence-corrected chi connectivity index (χ3v) is 4.45. The Morgan fingerprint density at radius 1 is 1.25 bits per heavy atom. The molecule has 0 atom stereocenters. The van der Waals surface area contributed by atoms with Gasteiger partial charge in [0.25, 0.3) is 6.01 Å². The van der Waals surface area contributed by atoms with E-state index in [1.807, 2.05) is 32.0 Å². The first-order valence-corrected chi connectivity index (χ1v) is 8.67. The summed E-state index contributed by atoms with van der Waals surface area (Å²) in [4.78, 5) is 12.9. The molecule has 0 spiro atoms. The number of hydrogen-bond acceptors (Lipinski definition) is 8. The number of nitrogen functional groups attached to an aromatic ring is 2. The number of nitrogens with zero attached hydrogens (tertiary/aromatic N) is 5. The lowest BCUT2D eigenvalue weighted by atomic mass is 9.95. The molecule has 0 radical (unpaired) electrons. The van der Waals surface area contributed by atoms with Crippen LogP contribution in [0, 0.1) is 17.8 Å². The maximum Gasteiger partial charge on any atom is 0.295 e. The minimum Gasteiger partial charge on any atom is -0.424 e. The van der Waals surface area contributed by atoms with Crippen molar-refractivity contribution >= 4 is 39.9 Å². The Hall–Kier alpha value is -3.80. The fourth-order valence-corrected chi connectivity index (χ4v) is 3.03. The lowest BCUT2D eigenvalue weighted by Crippen LogP contribution is -2.19. The van der Waals surface area contributed by atoms with Crippen molar-refractivity contribution < 1.29 is 4.42 Å². The molecule has 9 nitrogen and oxygen atoms in total. The van der Waals surface area contributed by atoms with E-state index in [2.05, 4.69) is 26.2 Å². The lowest BCUT2D eigenvalue weighted by molar-refractivity contribution is 0.396. The highest BCUT2D eigenvalue weighted by Gasteiger charge is 2.23. The zero-order valence-electron chi connectivity index (χ0n) is 15.8. The second-order valence-corrected chi connectivity index (χ2v) is 7.15. The highest BCUT2D eigenvalue weighted by molar-refractivity contribution is 6.00. The van der Waals surface area contributed by atoms with Gasteiger partial charge < -0.3 is 21.2 Å². The van der Waals surface area contributed by atoms with Crippen LogP contribution in [-0.4, -0.2) is 31.8 Å². The van der Waals surface area contributed by atoms with Crippen LogP contribution in [0.4, 0.5) is 17.8 Å². The molecule has 0 fully saturated rings. The van der Waals surface area contributed by atoms with Crippen LogP contribution in [0.3, 0.4) is 0 Å². The van der Waals surface area contributed by atoms with Gasteiger partial charge in [0, 0.05) is 18.0 Å². The molecule has 9 heteroatoms. The molecule has 142 valence electrons. The number of nitrogens with two attached hydrogens (primary N) is 2. The van der Waals surface area contributed by atoms with E-state index in [1.54, 1.807) is 11.7 Å². The number of anilines is 3. The monoisotopic (exact) mass is 376 g/mol. The smallest absolute Gasteiger partial charge is 0.295 e. The van der Waals surface area contributed by atoms with Gasteiger partial charge in [-0.2, -0.15) is 20.1 Å². The Labute approximate surface area is 161 Å². The summed E-state index contributed by atoms with van der Waals surface area (Å²) in [7, 11) is 1.75. The molecule has 0 aliphatic heterocycles. The van der Waals surface area contributed by atoms with E-state index in [0.717, 1.165) is 5.56 Å². The van der Waals surface area contributed by atoms with Crippen molar-refractivity contribution in [1.82, 2.24) is 24.7 Å². The summed E-state index contributed by atoms with van der Waals surface area (Å²) in [5.41, 5.74) is 14.9. The van der Waals surface area contributed by atoms with Crippen LogP contribution in [0.2, 0.25) is 0 Å². The number of terminal acetylenes is 1. The minimum absolute atomic E-state index is 0.0850. The van der Waals surface area contributed by atoms with Crippen molar-refractivity contribution in [2.45, 2.75) is 20.4 Å². The molecule has 4 aromatic rings. The number of rotatable bonds is 4. The predicted octanol–water partition coefficient (Wildman–Crippen LogP) is 2.50. The number of aromatic nitrogens is 5. The topological polar surface area (TPSA) is 134 Å². The lowest BCUT2D eigenvalue weighted by Gasteiger charge is -2.17. The van der Waals surface area contributed by atoms with E-state index in [1.165, 1.54) is 0 Å². The maximum atomic E-state index is 6.17. The fraction of sp³-hybridized carbons (Fsp3) is 0.263. The highest BCUT2D eigenvalue weighted by Crippen LogP contribution is 2.34. The summed E-state index contributed by atoms with van der Waals surface area (Å²) < 4.78 is 7.31. The van der Waals surface area contributed by atoms with Crippen molar-refractivity contribution in [3.05, 3.63) is 18.2 Å². The van der Waals surface area contributed by atoms with E-state index in [4.69, 9.17) is 27.4 Å². The molecule has 0 saturated heterocycles.